The van der Waals surface area contributed by atoms with Crippen LogP contribution in [0, 0.1) is 11.6 Å². The van der Waals surface area contributed by atoms with E-state index in [1.54, 1.807) is 0 Å². The molecule has 0 amide bonds. The van der Waals surface area contributed by atoms with Crippen LogP contribution in [0.4, 0.5) is 8.78 Å². The van der Waals surface area contributed by atoms with Crippen LogP contribution in [-0.2, 0) is 4.43 Å². The number of imidazole rings is 1. The summed E-state index contributed by atoms with van der Waals surface area (Å²) in [5, 5.41) is 2.15. The maximum atomic E-state index is 14.1. The van der Waals surface area contributed by atoms with Crippen LogP contribution < -0.4 is 10.4 Å². The molecule has 0 aliphatic carbocycles. The number of nitrogens with zero attached hydrogens (tertiary/aromatic N) is 2. The second-order valence-corrected chi connectivity index (χ2v) is 15.1. The quantitative estimate of drug-likeness (QED) is 0.263. The van der Waals surface area contributed by atoms with Crippen molar-refractivity contribution in [1.82, 2.24) is 9.55 Å². The summed E-state index contributed by atoms with van der Waals surface area (Å²) in [6.07, 6.45) is 2.07. The number of aromatic nitrogens is 2. The second-order valence-electron chi connectivity index (χ2n) is 10.1. The molecule has 4 aromatic rings. The molecule has 3 nitrogen and oxygen atoms in total. The molecule has 1 aliphatic rings. The van der Waals surface area contributed by atoms with Crippen molar-refractivity contribution < 1.29 is 13.2 Å². The molecule has 0 saturated heterocycles. The van der Waals surface area contributed by atoms with E-state index >= 15 is 0 Å². The Balaban J connectivity index is 1.65. The van der Waals surface area contributed by atoms with Crippen molar-refractivity contribution in [1.29, 1.82) is 0 Å². The molecule has 2 heterocycles. The summed E-state index contributed by atoms with van der Waals surface area (Å²) < 4.78 is 38.3. The van der Waals surface area contributed by atoms with Gasteiger partial charge >= 0.3 is 0 Å². The van der Waals surface area contributed by atoms with E-state index in [0.29, 0.717) is 16.6 Å². The van der Waals surface area contributed by atoms with E-state index in [1.165, 1.54) is 22.5 Å². The summed E-state index contributed by atoms with van der Waals surface area (Å²) in [5.74, 6) is -0.409. The summed E-state index contributed by atoms with van der Waals surface area (Å²) in [4.78, 5) is 4.74. The largest absolute Gasteiger partial charge is 0.397 e. The molecule has 7 heteroatoms. The molecular formula is C28H27BrF2N2OSi. The van der Waals surface area contributed by atoms with Crippen molar-refractivity contribution >= 4 is 34.6 Å². The van der Waals surface area contributed by atoms with Crippen molar-refractivity contribution in [3.8, 4) is 0 Å². The van der Waals surface area contributed by atoms with Gasteiger partial charge < -0.3 is 8.99 Å². The molecule has 0 spiro atoms. The fourth-order valence-electron chi connectivity index (χ4n) is 5.36. The van der Waals surface area contributed by atoms with Gasteiger partial charge in [-0.3, -0.25) is 0 Å². The number of halogens is 3. The first kappa shape index (κ1) is 24.1. The smallest absolute Gasteiger partial charge is 0.262 e. The lowest BCUT2D eigenvalue weighted by Gasteiger charge is -2.44. The first-order valence-electron chi connectivity index (χ1n) is 11.7. The van der Waals surface area contributed by atoms with Gasteiger partial charge in [0, 0.05) is 18.7 Å². The molecule has 0 fully saturated rings. The zero-order chi connectivity index (χ0) is 24.8. The fraction of sp³-hybridized carbons (Fsp3) is 0.250. The lowest BCUT2D eigenvalue weighted by atomic mass is 10.0. The third-order valence-corrected chi connectivity index (χ3v) is 12.2. The minimum atomic E-state index is -2.84. The van der Waals surface area contributed by atoms with Gasteiger partial charge in [0.05, 0.1) is 6.04 Å². The number of hydrogen-bond donors (Lipinski definition) is 0. The van der Waals surface area contributed by atoms with Crippen LogP contribution in [0.2, 0.25) is 5.04 Å². The highest BCUT2D eigenvalue weighted by Gasteiger charge is 2.53. The number of fused-ring (bicyclic) bond motifs is 1. The summed E-state index contributed by atoms with van der Waals surface area (Å²) in [6, 6.07) is 24.3. The standard InChI is InChI=1S/C28H27BrF2N2OSi/c1-28(2,3)35(22-10-6-4-7-11-22,23-12-8-5-9-13-23)34-25-17-24(33-18-26(29)32-27(25)33)19-14-20(30)16-21(31)15-19/h4-16,18,24-25H,17H2,1-3H3. The first-order chi connectivity index (χ1) is 16.7. The highest BCUT2D eigenvalue weighted by Crippen LogP contribution is 2.46. The average Bonchev–Trinajstić information content (AvgIpc) is 3.34. The topological polar surface area (TPSA) is 27.1 Å². The van der Waals surface area contributed by atoms with E-state index < -0.39 is 20.0 Å². The van der Waals surface area contributed by atoms with Gasteiger partial charge in [0.1, 0.15) is 28.2 Å². The average molecular weight is 554 g/mol. The number of hydrogen-bond acceptors (Lipinski definition) is 2. The van der Waals surface area contributed by atoms with Gasteiger partial charge in [0.2, 0.25) is 0 Å². The van der Waals surface area contributed by atoms with Gasteiger partial charge in [-0.25, -0.2) is 13.8 Å². The number of rotatable bonds is 5. The van der Waals surface area contributed by atoms with Gasteiger partial charge in [-0.1, -0.05) is 81.4 Å². The SMILES string of the molecule is CC(C)(C)[Si](OC1CC(c2cc(F)cc(F)c2)n2cc(Br)nc21)(c1ccccc1)c1ccccc1. The van der Waals surface area contributed by atoms with E-state index in [4.69, 9.17) is 9.41 Å². The predicted octanol–water partition coefficient (Wildman–Crippen LogP) is 6.53. The zero-order valence-corrected chi connectivity index (χ0v) is 22.5. The van der Waals surface area contributed by atoms with E-state index in [1.807, 2.05) is 22.9 Å². The van der Waals surface area contributed by atoms with Crippen molar-refractivity contribution in [2.75, 3.05) is 0 Å². The van der Waals surface area contributed by atoms with E-state index in [2.05, 4.69) is 85.2 Å². The normalized spacial score (nSPS) is 18.0. The minimum absolute atomic E-state index is 0.201. The molecule has 35 heavy (non-hydrogen) atoms. The monoisotopic (exact) mass is 552 g/mol. The highest BCUT2D eigenvalue weighted by atomic mass is 79.9. The zero-order valence-electron chi connectivity index (χ0n) is 19.9. The van der Waals surface area contributed by atoms with Gasteiger partial charge in [0.15, 0.2) is 0 Å². The van der Waals surface area contributed by atoms with Crippen molar-refractivity contribution in [3.05, 3.63) is 113 Å². The second kappa shape index (κ2) is 9.12. The summed E-state index contributed by atoms with van der Waals surface area (Å²) in [7, 11) is -2.84. The summed E-state index contributed by atoms with van der Waals surface area (Å²) in [5.41, 5.74) is 0.571. The van der Waals surface area contributed by atoms with Crippen LogP contribution in [0.15, 0.2) is 89.7 Å². The highest BCUT2D eigenvalue weighted by molar-refractivity contribution is 9.10. The Kier molecular flexibility index (Phi) is 6.28. The Bertz CT molecular complexity index is 1280. The van der Waals surface area contributed by atoms with Gasteiger partial charge in [0.25, 0.3) is 8.32 Å². The van der Waals surface area contributed by atoms with Gasteiger partial charge in [-0.05, 0) is 49.0 Å². The molecule has 0 bridgehead atoms. The maximum absolute atomic E-state index is 14.1. The molecular weight excluding hydrogens is 526 g/mol. The molecule has 1 aromatic heterocycles. The minimum Gasteiger partial charge on any atom is -0.397 e. The lowest BCUT2D eigenvalue weighted by molar-refractivity contribution is 0.184. The fourth-order valence-corrected chi connectivity index (χ4v) is 10.4. The third-order valence-electron chi connectivity index (χ3n) is 6.80. The van der Waals surface area contributed by atoms with Crippen LogP contribution in [0.3, 0.4) is 0 Å². The van der Waals surface area contributed by atoms with Crippen molar-refractivity contribution in [3.63, 3.8) is 0 Å². The Labute approximate surface area is 214 Å². The molecule has 0 radical (unpaired) electrons. The van der Waals surface area contributed by atoms with Crippen molar-refractivity contribution in [2.24, 2.45) is 0 Å². The molecule has 5 rings (SSSR count). The first-order valence-corrected chi connectivity index (χ1v) is 14.4. The molecule has 0 saturated carbocycles. The van der Waals surface area contributed by atoms with Crippen LogP contribution in [0.25, 0.3) is 0 Å². The predicted molar refractivity (Wildman–Crippen MR) is 140 cm³/mol. The van der Waals surface area contributed by atoms with E-state index in [9.17, 15) is 8.78 Å². The van der Waals surface area contributed by atoms with Crippen LogP contribution in [0.1, 0.15) is 50.7 Å². The molecule has 0 N–H and O–H groups in total. The van der Waals surface area contributed by atoms with Crippen molar-refractivity contribution in [2.45, 2.75) is 44.4 Å². The molecule has 3 aromatic carbocycles. The summed E-state index contributed by atoms with van der Waals surface area (Å²) in [6.45, 7) is 6.70. The molecule has 180 valence electrons. The maximum Gasteiger partial charge on any atom is 0.262 e. The van der Waals surface area contributed by atoms with E-state index in [-0.39, 0.29) is 17.2 Å². The van der Waals surface area contributed by atoms with Gasteiger partial charge in [-0.15, -0.1) is 0 Å². The van der Waals surface area contributed by atoms with E-state index in [0.717, 1.165) is 11.9 Å². The molecule has 2 atom stereocenters. The summed E-state index contributed by atoms with van der Waals surface area (Å²) >= 11 is 3.50. The molecule has 1 aliphatic heterocycles. The Morgan fingerprint density at radius 3 is 1.97 bits per heavy atom. The van der Waals surface area contributed by atoms with Crippen LogP contribution in [-0.4, -0.2) is 17.9 Å². The van der Waals surface area contributed by atoms with Crippen LogP contribution >= 0.6 is 15.9 Å². The Morgan fingerprint density at radius 1 is 0.914 bits per heavy atom. The van der Waals surface area contributed by atoms with Crippen LogP contribution in [0.5, 0.6) is 0 Å². The lowest BCUT2D eigenvalue weighted by Crippen LogP contribution is -2.66. The number of benzene rings is 3. The van der Waals surface area contributed by atoms with Gasteiger partial charge in [-0.2, -0.15) is 0 Å². The Morgan fingerprint density at radius 2 is 1.46 bits per heavy atom. The Hall–Kier alpha value is -2.61. The third kappa shape index (κ3) is 4.30. The molecule has 2 unspecified atom stereocenters.